The highest BCUT2D eigenvalue weighted by molar-refractivity contribution is 7.99. The van der Waals surface area contributed by atoms with Gasteiger partial charge in [-0.15, -0.1) is 28.5 Å². The van der Waals surface area contributed by atoms with E-state index in [1.165, 1.54) is 18.9 Å². The molecular formula is C23H22Cl2N4O3S2. The van der Waals surface area contributed by atoms with E-state index in [1.807, 2.05) is 16.7 Å². The second-order valence-electron chi connectivity index (χ2n) is 6.91. The molecule has 1 N–H and O–H groups in total. The molecule has 0 bridgehead atoms. The van der Waals surface area contributed by atoms with Gasteiger partial charge in [-0.05, 0) is 29.8 Å². The number of halogens is 2. The molecule has 0 unspecified atom stereocenters. The van der Waals surface area contributed by atoms with Gasteiger partial charge in [0.15, 0.2) is 5.16 Å². The van der Waals surface area contributed by atoms with Crippen LogP contribution in [-0.2, 0) is 27.6 Å². The number of aromatic nitrogens is 3. The van der Waals surface area contributed by atoms with Crippen LogP contribution >= 0.6 is 46.7 Å². The van der Waals surface area contributed by atoms with Gasteiger partial charge in [0.2, 0.25) is 5.91 Å². The molecule has 7 nitrogen and oxygen atoms in total. The van der Waals surface area contributed by atoms with E-state index >= 15 is 0 Å². The van der Waals surface area contributed by atoms with Crippen LogP contribution < -0.4 is 5.32 Å². The number of carbonyl (C=O) groups excluding carboxylic acids is 2. The fourth-order valence-corrected chi connectivity index (χ4v) is 4.93. The zero-order chi connectivity index (χ0) is 24.5. The summed E-state index contributed by atoms with van der Waals surface area (Å²) in [7, 11) is 1.30. The Hall–Kier alpha value is -2.46. The maximum Gasteiger partial charge on any atom is 0.339 e. The number of rotatable bonds is 11. The molecule has 1 aromatic heterocycles. The first-order valence-electron chi connectivity index (χ1n) is 10.1. The van der Waals surface area contributed by atoms with E-state index in [0.29, 0.717) is 38.8 Å². The number of amides is 1. The molecule has 0 fully saturated rings. The van der Waals surface area contributed by atoms with Crippen molar-refractivity contribution in [1.82, 2.24) is 14.8 Å². The van der Waals surface area contributed by atoms with Gasteiger partial charge in [-0.3, -0.25) is 4.79 Å². The van der Waals surface area contributed by atoms with Crippen molar-refractivity contribution in [3.63, 3.8) is 0 Å². The molecule has 3 rings (SSSR count). The van der Waals surface area contributed by atoms with Gasteiger partial charge in [-0.1, -0.05) is 59.2 Å². The van der Waals surface area contributed by atoms with E-state index < -0.39 is 5.97 Å². The van der Waals surface area contributed by atoms with E-state index in [9.17, 15) is 9.59 Å². The Labute approximate surface area is 216 Å². The molecule has 0 spiro atoms. The first kappa shape index (κ1) is 26.2. The summed E-state index contributed by atoms with van der Waals surface area (Å²) in [5, 5.41) is 13.0. The van der Waals surface area contributed by atoms with E-state index in [4.69, 9.17) is 27.9 Å². The Morgan fingerprint density at radius 1 is 1.15 bits per heavy atom. The Bertz CT molecular complexity index is 1190. The van der Waals surface area contributed by atoms with Crippen molar-refractivity contribution in [3.05, 3.63) is 82.1 Å². The van der Waals surface area contributed by atoms with Crippen molar-refractivity contribution < 1.29 is 14.3 Å². The summed E-state index contributed by atoms with van der Waals surface area (Å²) in [6.45, 7) is 4.32. The van der Waals surface area contributed by atoms with E-state index in [0.717, 1.165) is 17.1 Å². The van der Waals surface area contributed by atoms with Gasteiger partial charge in [0.25, 0.3) is 0 Å². The fraction of sp³-hybridized carbons (Fsp3) is 0.217. The zero-order valence-corrected chi connectivity index (χ0v) is 21.4. The lowest BCUT2D eigenvalue weighted by Gasteiger charge is -2.10. The highest BCUT2D eigenvalue weighted by Crippen LogP contribution is 2.26. The normalized spacial score (nSPS) is 10.7. The van der Waals surface area contributed by atoms with E-state index in [2.05, 4.69) is 22.1 Å². The maximum absolute atomic E-state index is 12.5. The van der Waals surface area contributed by atoms with Gasteiger partial charge in [0.05, 0.1) is 39.9 Å². The van der Waals surface area contributed by atoms with Gasteiger partial charge in [-0.25, -0.2) is 4.79 Å². The highest BCUT2D eigenvalue weighted by atomic mass is 35.5. The molecule has 0 aliphatic rings. The summed E-state index contributed by atoms with van der Waals surface area (Å²) in [6, 6.07) is 12.3. The average Bonchev–Trinajstić information content (AvgIpc) is 3.21. The summed E-state index contributed by atoms with van der Waals surface area (Å²) < 4.78 is 6.69. The van der Waals surface area contributed by atoms with Crippen LogP contribution in [0.4, 0.5) is 5.69 Å². The Balaban J connectivity index is 1.60. The second-order valence-corrected chi connectivity index (χ2v) is 9.66. The van der Waals surface area contributed by atoms with Crippen molar-refractivity contribution in [2.75, 3.05) is 18.2 Å². The predicted octanol–water partition coefficient (Wildman–Crippen LogP) is 5.72. The zero-order valence-electron chi connectivity index (χ0n) is 18.3. The van der Waals surface area contributed by atoms with Crippen LogP contribution in [0.1, 0.15) is 21.7 Å². The molecule has 178 valence electrons. The van der Waals surface area contributed by atoms with Gasteiger partial charge in [-0.2, -0.15) is 0 Å². The number of benzene rings is 2. The number of nitrogens with zero attached hydrogens (tertiary/aromatic N) is 3. The summed E-state index contributed by atoms with van der Waals surface area (Å²) in [4.78, 5) is 24.4. The number of hydrogen-bond donors (Lipinski definition) is 1. The molecule has 0 saturated heterocycles. The lowest BCUT2D eigenvalue weighted by molar-refractivity contribution is -0.113. The lowest BCUT2D eigenvalue weighted by Crippen LogP contribution is -2.17. The molecule has 1 amide bonds. The number of esters is 1. The first-order valence-corrected chi connectivity index (χ1v) is 13.0. The lowest BCUT2D eigenvalue weighted by atomic mass is 10.2. The molecule has 34 heavy (non-hydrogen) atoms. The summed E-state index contributed by atoms with van der Waals surface area (Å²) in [5.74, 6) is 1.45. The topological polar surface area (TPSA) is 86.1 Å². The minimum atomic E-state index is -0.516. The largest absolute Gasteiger partial charge is 0.465 e. The molecule has 0 aliphatic heterocycles. The SMILES string of the molecule is C=CCn1c(CSCc2ccc(Cl)c(Cl)c2)nnc1SCC(=O)Nc1ccccc1C(=O)OC. The van der Waals surface area contributed by atoms with E-state index in [1.54, 1.807) is 48.2 Å². The van der Waals surface area contributed by atoms with E-state index in [-0.39, 0.29) is 11.7 Å². The molecule has 0 atom stereocenters. The fourth-order valence-electron chi connectivity index (χ4n) is 2.93. The number of anilines is 1. The third-order valence-electron chi connectivity index (χ3n) is 4.53. The van der Waals surface area contributed by atoms with Crippen molar-refractivity contribution >= 4 is 64.3 Å². The molecule has 1 heterocycles. The molecule has 11 heteroatoms. The van der Waals surface area contributed by atoms with Crippen LogP contribution in [0.5, 0.6) is 0 Å². The molecule has 0 aliphatic carbocycles. The minimum absolute atomic E-state index is 0.0984. The van der Waals surface area contributed by atoms with Gasteiger partial charge < -0.3 is 14.6 Å². The molecule has 2 aromatic carbocycles. The Morgan fingerprint density at radius 2 is 1.94 bits per heavy atom. The standard InChI is InChI=1S/C23H22Cl2N4O3S2/c1-3-10-29-20(13-33-12-15-8-9-17(24)18(25)11-15)27-28-23(29)34-14-21(30)26-19-7-5-4-6-16(19)22(31)32-2/h3-9,11H,1,10,12-14H2,2H3,(H,26,30). The van der Waals surface area contributed by atoms with Crippen LogP contribution in [0.25, 0.3) is 0 Å². The van der Waals surface area contributed by atoms with Crippen molar-refractivity contribution in [1.29, 1.82) is 0 Å². The maximum atomic E-state index is 12.5. The number of hydrogen-bond acceptors (Lipinski definition) is 7. The number of para-hydroxylation sites is 1. The van der Waals surface area contributed by atoms with Crippen LogP contribution in [0, 0.1) is 0 Å². The molecule has 0 radical (unpaired) electrons. The van der Waals surface area contributed by atoms with Crippen molar-refractivity contribution in [2.45, 2.75) is 23.2 Å². The summed E-state index contributed by atoms with van der Waals surface area (Å²) in [6.07, 6.45) is 1.76. The quantitative estimate of drug-likeness (QED) is 0.190. The Kier molecular flexibility index (Phi) is 9.88. The second kappa shape index (κ2) is 12.9. The number of methoxy groups -OCH3 is 1. The number of thioether (sulfide) groups is 2. The monoisotopic (exact) mass is 536 g/mol. The van der Waals surface area contributed by atoms with Gasteiger partial charge >= 0.3 is 5.97 Å². The van der Waals surface area contributed by atoms with Crippen LogP contribution in [0.2, 0.25) is 10.0 Å². The number of nitrogens with one attached hydrogen (secondary N) is 1. The predicted molar refractivity (Wildman–Crippen MR) is 139 cm³/mol. The third-order valence-corrected chi connectivity index (χ3v) is 7.23. The third kappa shape index (κ3) is 7.02. The number of carbonyl (C=O) groups is 2. The van der Waals surface area contributed by atoms with Crippen molar-refractivity contribution in [3.8, 4) is 0 Å². The minimum Gasteiger partial charge on any atom is -0.465 e. The van der Waals surface area contributed by atoms with Crippen LogP contribution in [0.3, 0.4) is 0 Å². The number of allylic oxidation sites excluding steroid dienone is 1. The van der Waals surface area contributed by atoms with Crippen LogP contribution in [0.15, 0.2) is 60.3 Å². The molecular weight excluding hydrogens is 515 g/mol. The first-order chi connectivity index (χ1) is 16.4. The smallest absolute Gasteiger partial charge is 0.339 e. The van der Waals surface area contributed by atoms with Crippen molar-refractivity contribution in [2.24, 2.45) is 0 Å². The summed E-state index contributed by atoms with van der Waals surface area (Å²) in [5.41, 5.74) is 1.75. The molecule has 0 saturated carbocycles. The number of ether oxygens (including phenoxy) is 1. The highest BCUT2D eigenvalue weighted by Gasteiger charge is 2.16. The summed E-state index contributed by atoms with van der Waals surface area (Å²) >= 11 is 15.0. The van der Waals surface area contributed by atoms with Crippen LogP contribution in [-0.4, -0.2) is 39.5 Å². The molecule has 3 aromatic rings. The Morgan fingerprint density at radius 3 is 2.68 bits per heavy atom. The van der Waals surface area contributed by atoms with Gasteiger partial charge in [0, 0.05) is 12.3 Å². The average molecular weight is 537 g/mol. The van der Waals surface area contributed by atoms with Gasteiger partial charge in [0.1, 0.15) is 5.82 Å².